The minimum atomic E-state index is -1.98. The van der Waals surface area contributed by atoms with Gasteiger partial charge in [-0.05, 0) is 70.6 Å². The van der Waals surface area contributed by atoms with Crippen molar-refractivity contribution in [2.45, 2.75) is 491 Å². The first kappa shape index (κ1) is 106. The SMILES string of the molecule is CC/C=C\C/C=C\C/C=C\C/C=C\C/C=C\C/C=C\CCCCCCCCCCCCCCCCCCCCCCCCC(=O)NC(COC1OC(CO)C(OC2OC(CO)C(OC3OC(CO)C(O)C(O)C3O)C(O)C2O)C(O)C1O)C(O)/C=C/CCCCCCCCCCCCCCCCCCCCCCCCCCCCC. The zero-order valence-corrected chi connectivity index (χ0v) is 72.5. The maximum atomic E-state index is 13.5. The summed E-state index contributed by atoms with van der Waals surface area (Å²) in [4.78, 5) is 13.5. The van der Waals surface area contributed by atoms with Crippen LogP contribution in [0.1, 0.15) is 386 Å². The van der Waals surface area contributed by atoms with Crippen LogP contribution in [0.4, 0.5) is 0 Å². The van der Waals surface area contributed by atoms with Crippen LogP contribution in [0.3, 0.4) is 0 Å². The van der Waals surface area contributed by atoms with Crippen molar-refractivity contribution in [1.29, 1.82) is 0 Å². The Morgan fingerprint density at radius 2 is 0.600 bits per heavy atom. The zero-order chi connectivity index (χ0) is 83.1. The highest BCUT2D eigenvalue weighted by atomic mass is 16.8. The van der Waals surface area contributed by atoms with E-state index in [1.54, 1.807) is 6.08 Å². The smallest absolute Gasteiger partial charge is 0.220 e. The first-order valence-electron chi connectivity index (χ1n) is 47.3. The molecule has 0 aromatic carbocycles. The fourth-order valence-electron chi connectivity index (χ4n) is 15.7. The van der Waals surface area contributed by atoms with Crippen molar-refractivity contribution in [2.75, 3.05) is 26.4 Å². The molecule has 0 radical (unpaired) electrons. The van der Waals surface area contributed by atoms with E-state index in [-0.39, 0.29) is 18.9 Å². The van der Waals surface area contributed by atoms with Gasteiger partial charge in [0.15, 0.2) is 18.9 Å². The van der Waals surface area contributed by atoms with Crippen LogP contribution >= 0.6 is 0 Å². The summed E-state index contributed by atoms with van der Waals surface area (Å²) in [5.41, 5.74) is 0. The van der Waals surface area contributed by atoms with Gasteiger partial charge in [-0.2, -0.15) is 0 Å². The summed E-state index contributed by atoms with van der Waals surface area (Å²) in [7, 11) is 0. The lowest BCUT2D eigenvalue weighted by Crippen LogP contribution is -2.66. The summed E-state index contributed by atoms with van der Waals surface area (Å²) in [6, 6.07) is -0.977. The normalized spacial score (nSPS) is 25.0. The number of aliphatic hydroxyl groups is 11. The number of ether oxygens (including phenoxy) is 6. The first-order valence-corrected chi connectivity index (χ1v) is 47.3. The van der Waals surface area contributed by atoms with E-state index in [1.807, 2.05) is 6.08 Å². The number of unbranched alkanes of at least 4 members (excludes halogenated alkanes) is 49. The average molecular weight is 1630 g/mol. The molecule has 0 spiro atoms. The number of hydrogen-bond donors (Lipinski definition) is 12. The molecule has 0 bridgehead atoms. The summed E-state index contributed by atoms with van der Waals surface area (Å²) in [6.07, 6.45) is 76.0. The number of hydrogen-bond acceptors (Lipinski definition) is 18. The van der Waals surface area contributed by atoms with E-state index >= 15 is 0 Å². The quantitative estimate of drug-likeness (QED) is 0.0199. The molecule has 19 nitrogen and oxygen atoms in total. The molecule has 17 atom stereocenters. The third-order valence-corrected chi connectivity index (χ3v) is 23.2. The summed E-state index contributed by atoms with van der Waals surface area (Å²) in [5.74, 6) is -0.269. The van der Waals surface area contributed by atoms with E-state index in [0.717, 1.165) is 83.5 Å². The van der Waals surface area contributed by atoms with Crippen LogP contribution in [0.5, 0.6) is 0 Å². The van der Waals surface area contributed by atoms with Gasteiger partial charge in [-0.25, -0.2) is 0 Å². The molecule has 0 aromatic rings. The summed E-state index contributed by atoms with van der Waals surface area (Å²) in [5, 5.41) is 121. The van der Waals surface area contributed by atoms with Crippen LogP contribution in [0.25, 0.3) is 0 Å². The Hall–Kier alpha value is -3.03. The van der Waals surface area contributed by atoms with Gasteiger partial charge in [0.1, 0.15) is 73.2 Å². The van der Waals surface area contributed by atoms with Gasteiger partial charge in [-0.3, -0.25) is 4.79 Å². The van der Waals surface area contributed by atoms with Gasteiger partial charge in [-0.1, -0.05) is 394 Å². The van der Waals surface area contributed by atoms with Crippen molar-refractivity contribution in [2.24, 2.45) is 0 Å². The molecule has 670 valence electrons. The van der Waals surface area contributed by atoms with Gasteiger partial charge in [0.05, 0.1) is 38.6 Å². The van der Waals surface area contributed by atoms with Gasteiger partial charge < -0.3 is 89.9 Å². The van der Waals surface area contributed by atoms with Gasteiger partial charge >= 0.3 is 0 Å². The molecular weight excluding hydrogens is 1460 g/mol. The molecular formula is C96H173NO18. The van der Waals surface area contributed by atoms with Crippen molar-refractivity contribution in [3.8, 4) is 0 Å². The van der Waals surface area contributed by atoms with Crippen LogP contribution in [-0.4, -0.2) is 193 Å². The van der Waals surface area contributed by atoms with E-state index in [1.165, 1.54) is 276 Å². The van der Waals surface area contributed by atoms with Gasteiger partial charge in [0.25, 0.3) is 0 Å². The Morgan fingerprint density at radius 1 is 0.322 bits per heavy atom. The molecule has 0 aliphatic carbocycles. The third kappa shape index (κ3) is 52.8. The fourth-order valence-corrected chi connectivity index (χ4v) is 15.7. The van der Waals surface area contributed by atoms with Crippen molar-refractivity contribution < 1.29 is 89.4 Å². The molecule has 3 rings (SSSR count). The highest BCUT2D eigenvalue weighted by Gasteiger charge is 2.54. The molecule has 12 N–H and O–H groups in total. The molecule has 3 saturated heterocycles. The summed E-state index contributed by atoms with van der Waals surface area (Å²) < 4.78 is 34.6. The van der Waals surface area contributed by atoms with Gasteiger partial charge in [0.2, 0.25) is 5.91 Å². The first-order chi connectivity index (χ1) is 56.3. The second-order valence-corrected chi connectivity index (χ2v) is 33.5. The van der Waals surface area contributed by atoms with Crippen LogP contribution in [0.2, 0.25) is 0 Å². The Bertz CT molecular complexity index is 2400. The van der Waals surface area contributed by atoms with Gasteiger partial charge in [0, 0.05) is 6.42 Å². The molecule has 0 saturated carbocycles. The van der Waals surface area contributed by atoms with Crippen molar-refractivity contribution in [3.05, 3.63) is 85.1 Å². The lowest BCUT2D eigenvalue weighted by Gasteiger charge is -2.48. The molecule has 115 heavy (non-hydrogen) atoms. The molecule has 17 unspecified atom stereocenters. The zero-order valence-electron chi connectivity index (χ0n) is 72.5. The van der Waals surface area contributed by atoms with Crippen LogP contribution < -0.4 is 5.32 Å². The predicted octanol–water partition coefficient (Wildman–Crippen LogP) is 18.9. The number of amides is 1. The fraction of sp³-hybridized carbons (Fsp3) is 0.844. The van der Waals surface area contributed by atoms with E-state index in [2.05, 4.69) is 92.1 Å². The molecule has 1 amide bonds. The van der Waals surface area contributed by atoms with Gasteiger partial charge in [-0.15, -0.1) is 0 Å². The van der Waals surface area contributed by atoms with E-state index in [9.17, 15) is 61.0 Å². The highest BCUT2D eigenvalue weighted by molar-refractivity contribution is 5.76. The maximum Gasteiger partial charge on any atom is 0.220 e. The highest BCUT2D eigenvalue weighted by Crippen LogP contribution is 2.34. The number of carbonyl (C=O) groups excluding carboxylic acids is 1. The Labute approximate surface area is 699 Å². The molecule has 3 fully saturated rings. The van der Waals surface area contributed by atoms with E-state index in [0.29, 0.717) is 6.42 Å². The minimum Gasteiger partial charge on any atom is -0.394 e. The largest absolute Gasteiger partial charge is 0.394 e. The molecule has 19 heteroatoms. The third-order valence-electron chi connectivity index (χ3n) is 23.2. The lowest BCUT2D eigenvalue weighted by molar-refractivity contribution is -0.379. The monoisotopic (exact) mass is 1630 g/mol. The van der Waals surface area contributed by atoms with Crippen molar-refractivity contribution in [3.63, 3.8) is 0 Å². The minimum absolute atomic E-state index is 0.245. The van der Waals surface area contributed by atoms with Crippen LogP contribution in [0.15, 0.2) is 85.1 Å². The summed E-state index contributed by atoms with van der Waals surface area (Å²) >= 11 is 0. The van der Waals surface area contributed by atoms with Crippen molar-refractivity contribution >= 4 is 5.91 Å². The molecule has 3 aliphatic rings. The lowest BCUT2D eigenvalue weighted by atomic mass is 9.96. The van der Waals surface area contributed by atoms with Crippen molar-refractivity contribution in [1.82, 2.24) is 5.32 Å². The topological polar surface area (TPSA) is 307 Å². The number of carbonyl (C=O) groups is 1. The molecule has 0 aromatic heterocycles. The number of aliphatic hydroxyl groups excluding tert-OH is 11. The molecule has 3 aliphatic heterocycles. The van der Waals surface area contributed by atoms with E-state index in [4.69, 9.17) is 28.4 Å². The Kier molecular flexibility index (Phi) is 69.0. The van der Waals surface area contributed by atoms with Crippen LogP contribution in [-0.2, 0) is 33.2 Å². The molecule has 3 heterocycles. The number of allylic oxidation sites excluding steroid dienone is 13. The Balaban J connectivity index is 1.29. The van der Waals surface area contributed by atoms with Crippen LogP contribution in [0, 0.1) is 0 Å². The second-order valence-electron chi connectivity index (χ2n) is 33.5. The maximum absolute atomic E-state index is 13.5. The number of rotatable bonds is 77. The average Bonchev–Trinajstić information content (AvgIpc) is 0.778. The van der Waals surface area contributed by atoms with E-state index < -0.39 is 124 Å². The number of nitrogens with one attached hydrogen (secondary N) is 1. The second kappa shape index (κ2) is 74.8. The predicted molar refractivity (Wildman–Crippen MR) is 466 cm³/mol. The summed E-state index contributed by atoms with van der Waals surface area (Å²) in [6.45, 7) is 1.68. The standard InChI is InChI=1S/C96H173NO18/c1-3-5-7-9-11-13-15-17-19-21-23-25-27-29-31-33-34-35-36-37-38-39-40-41-42-43-44-46-48-50-52-54-56-58-60-62-64-66-68-70-72-74-84(102)97-79(80(101)73-71-69-67-65-63-61-59-57-55-53-51-49-47-45-32-30-28-26-24-22-20-18-16-14-12-10-8-6-4-2)78-110-94-90(108)87(105)92(82(76-99)112-94)115-96-91(109)88(106)93(83(77-100)113-96)114-95-89(107)86(104)85(103)81(75-98)111-95/h5,7,11,13,17,19,23,25,29,31,34-35,71,73,79-83,85-96,98-101,103-109H,3-4,6,8-10,12,14-16,18,20-22,24,26-28,30,32-33,36-70,72,74-78H2,1-2H3,(H,97,102)/b7-5-,13-11-,19-17-,25-23-,31-29-,35-34-,73-71+. The Morgan fingerprint density at radius 3 is 0.939 bits per heavy atom.